The molecule has 0 aliphatic carbocycles. The van der Waals surface area contributed by atoms with E-state index in [-0.39, 0.29) is 12.3 Å². The zero-order valence-corrected chi connectivity index (χ0v) is 19.6. The normalized spacial score (nSPS) is 11.0. The quantitative estimate of drug-likeness (QED) is 0.337. The maximum Gasteiger partial charge on any atom is 0.227 e. The van der Waals surface area contributed by atoms with E-state index in [0.717, 1.165) is 34.1 Å². The number of aromatic nitrogens is 4. The summed E-state index contributed by atoms with van der Waals surface area (Å²) in [5.41, 5.74) is 2.61. The Morgan fingerprint density at radius 1 is 1.31 bits per heavy atom. The smallest absolute Gasteiger partial charge is 0.227 e. The molecular formula is C22H23N5O3S2. The van der Waals surface area contributed by atoms with Gasteiger partial charge in [-0.05, 0) is 63.3 Å². The lowest BCUT2D eigenvalue weighted by molar-refractivity contribution is -0.116. The van der Waals surface area contributed by atoms with Gasteiger partial charge in [-0.1, -0.05) is 0 Å². The van der Waals surface area contributed by atoms with E-state index in [9.17, 15) is 4.79 Å². The molecule has 3 heterocycles. The molecule has 0 aliphatic rings. The van der Waals surface area contributed by atoms with Gasteiger partial charge < -0.3 is 14.5 Å². The first kappa shape index (κ1) is 22.0. The lowest BCUT2D eigenvalue weighted by atomic mass is 10.2. The van der Waals surface area contributed by atoms with Crippen molar-refractivity contribution >= 4 is 34.6 Å². The van der Waals surface area contributed by atoms with E-state index in [0.29, 0.717) is 28.9 Å². The standard InChI is InChI=1S/C22H23N5O3S2/c1-4-29-16-7-5-15(6-8-16)20-25-26-22(31)27(20)10-9-19(28)24-21-23-18(12-32-21)17-11-13(2)30-14(17)3/h5-8,11-12H,4,9-10H2,1-3H3,(H,26,31)(H,23,24,28). The summed E-state index contributed by atoms with van der Waals surface area (Å²) in [5.74, 6) is 2.96. The number of nitrogens with one attached hydrogen (secondary N) is 2. The van der Waals surface area contributed by atoms with Gasteiger partial charge in [0.25, 0.3) is 0 Å². The van der Waals surface area contributed by atoms with E-state index in [1.807, 2.05) is 61.1 Å². The van der Waals surface area contributed by atoms with Gasteiger partial charge >= 0.3 is 0 Å². The fraction of sp³-hybridized carbons (Fsp3) is 0.273. The van der Waals surface area contributed by atoms with Crippen LogP contribution in [0.2, 0.25) is 0 Å². The molecule has 0 unspecified atom stereocenters. The molecule has 0 aliphatic heterocycles. The first-order valence-electron chi connectivity index (χ1n) is 10.2. The molecule has 0 fully saturated rings. The van der Waals surface area contributed by atoms with Crippen molar-refractivity contribution in [2.75, 3.05) is 11.9 Å². The topological polar surface area (TPSA) is 98.0 Å². The number of carbonyl (C=O) groups excluding carboxylic acids is 1. The van der Waals surface area contributed by atoms with Gasteiger partial charge in [-0.2, -0.15) is 5.10 Å². The van der Waals surface area contributed by atoms with Crippen LogP contribution in [0, 0.1) is 18.6 Å². The van der Waals surface area contributed by atoms with Gasteiger partial charge in [0.05, 0.1) is 12.3 Å². The minimum Gasteiger partial charge on any atom is -0.494 e. The number of furan rings is 1. The molecule has 3 aromatic heterocycles. The summed E-state index contributed by atoms with van der Waals surface area (Å²) in [6, 6.07) is 9.55. The minimum atomic E-state index is -0.147. The van der Waals surface area contributed by atoms with Crippen LogP contribution in [0.3, 0.4) is 0 Å². The van der Waals surface area contributed by atoms with Gasteiger partial charge in [0.2, 0.25) is 5.91 Å². The van der Waals surface area contributed by atoms with Crippen LogP contribution in [-0.4, -0.2) is 32.3 Å². The van der Waals surface area contributed by atoms with Crippen molar-refractivity contribution in [3.8, 4) is 28.4 Å². The van der Waals surface area contributed by atoms with Crippen molar-refractivity contribution in [1.29, 1.82) is 0 Å². The van der Waals surface area contributed by atoms with Crippen LogP contribution in [0.15, 0.2) is 40.1 Å². The number of benzene rings is 1. The van der Waals surface area contributed by atoms with Crippen molar-refractivity contribution in [3.63, 3.8) is 0 Å². The van der Waals surface area contributed by atoms with Crippen molar-refractivity contribution in [2.45, 2.75) is 33.7 Å². The highest BCUT2D eigenvalue weighted by atomic mass is 32.1. The summed E-state index contributed by atoms with van der Waals surface area (Å²) in [7, 11) is 0. The largest absolute Gasteiger partial charge is 0.494 e. The van der Waals surface area contributed by atoms with Crippen molar-refractivity contribution < 1.29 is 13.9 Å². The van der Waals surface area contributed by atoms with Gasteiger partial charge in [0.1, 0.15) is 17.3 Å². The van der Waals surface area contributed by atoms with Crippen LogP contribution in [0.4, 0.5) is 5.13 Å². The molecule has 0 atom stereocenters. The molecule has 0 saturated carbocycles. The molecule has 0 spiro atoms. The highest BCUT2D eigenvalue weighted by molar-refractivity contribution is 7.71. The number of ether oxygens (including phenoxy) is 1. The van der Waals surface area contributed by atoms with Crippen LogP contribution in [0.5, 0.6) is 5.75 Å². The molecule has 4 rings (SSSR count). The number of H-pyrrole nitrogens is 1. The second-order valence-corrected chi connectivity index (χ2v) is 8.37. The molecule has 1 amide bonds. The Kier molecular flexibility index (Phi) is 6.52. The maximum atomic E-state index is 12.5. The summed E-state index contributed by atoms with van der Waals surface area (Å²) in [5, 5.41) is 12.5. The number of amides is 1. The van der Waals surface area contributed by atoms with Crippen LogP contribution in [0.25, 0.3) is 22.6 Å². The van der Waals surface area contributed by atoms with Crippen molar-refractivity contribution in [1.82, 2.24) is 19.7 Å². The van der Waals surface area contributed by atoms with E-state index in [4.69, 9.17) is 21.4 Å². The third-order valence-electron chi connectivity index (χ3n) is 4.81. The third kappa shape index (κ3) is 4.81. The van der Waals surface area contributed by atoms with E-state index in [1.165, 1.54) is 11.3 Å². The van der Waals surface area contributed by atoms with Gasteiger partial charge in [-0.15, -0.1) is 11.3 Å². The Balaban J connectivity index is 1.41. The minimum absolute atomic E-state index is 0.147. The fourth-order valence-electron chi connectivity index (χ4n) is 3.35. The molecule has 2 N–H and O–H groups in total. The number of carbonyl (C=O) groups is 1. The number of aryl methyl sites for hydroxylation is 2. The molecular weight excluding hydrogens is 446 g/mol. The van der Waals surface area contributed by atoms with Gasteiger partial charge in [-0.3, -0.25) is 14.5 Å². The number of hydrogen-bond acceptors (Lipinski definition) is 7. The second-order valence-electron chi connectivity index (χ2n) is 7.12. The van der Waals surface area contributed by atoms with Crippen LogP contribution < -0.4 is 10.1 Å². The van der Waals surface area contributed by atoms with Crippen molar-refractivity contribution in [2.24, 2.45) is 0 Å². The Bertz CT molecular complexity index is 1280. The summed E-state index contributed by atoms with van der Waals surface area (Å²) >= 11 is 6.74. The van der Waals surface area contributed by atoms with E-state index < -0.39 is 0 Å². The lowest BCUT2D eigenvalue weighted by Gasteiger charge is -2.08. The van der Waals surface area contributed by atoms with E-state index in [1.54, 1.807) is 0 Å². The first-order chi connectivity index (χ1) is 15.4. The Labute approximate surface area is 194 Å². The molecule has 8 nitrogen and oxygen atoms in total. The van der Waals surface area contributed by atoms with Crippen LogP contribution in [0.1, 0.15) is 24.9 Å². The monoisotopic (exact) mass is 469 g/mol. The Morgan fingerprint density at radius 3 is 2.78 bits per heavy atom. The van der Waals surface area contributed by atoms with Crippen LogP contribution >= 0.6 is 23.6 Å². The van der Waals surface area contributed by atoms with Crippen LogP contribution in [-0.2, 0) is 11.3 Å². The first-order valence-corrected chi connectivity index (χ1v) is 11.4. The molecule has 166 valence electrons. The number of aromatic amines is 1. The zero-order valence-electron chi connectivity index (χ0n) is 18.0. The zero-order chi connectivity index (χ0) is 22.7. The Hall–Kier alpha value is -3.24. The Morgan fingerprint density at radius 2 is 2.09 bits per heavy atom. The molecule has 0 bridgehead atoms. The molecule has 0 radical (unpaired) electrons. The fourth-order valence-corrected chi connectivity index (χ4v) is 4.30. The molecule has 4 aromatic rings. The number of anilines is 1. The SMILES string of the molecule is CCOc1ccc(-c2n[nH]c(=S)n2CCC(=O)Nc2nc(-c3cc(C)oc3C)cs2)cc1. The average molecular weight is 470 g/mol. The predicted octanol–water partition coefficient (Wildman–Crippen LogP) is 5.37. The highest BCUT2D eigenvalue weighted by Gasteiger charge is 2.14. The maximum absolute atomic E-state index is 12.5. The van der Waals surface area contributed by atoms with Gasteiger partial charge in [0.15, 0.2) is 15.7 Å². The molecule has 0 saturated heterocycles. The summed E-state index contributed by atoms with van der Waals surface area (Å²) in [6.45, 7) is 6.73. The van der Waals surface area contributed by atoms with Gasteiger partial charge in [0, 0.05) is 29.5 Å². The van der Waals surface area contributed by atoms with E-state index in [2.05, 4.69) is 20.5 Å². The predicted molar refractivity (Wildman–Crippen MR) is 127 cm³/mol. The molecule has 1 aromatic carbocycles. The molecule has 32 heavy (non-hydrogen) atoms. The number of thiazole rings is 1. The summed E-state index contributed by atoms with van der Waals surface area (Å²) in [4.78, 5) is 17.1. The highest BCUT2D eigenvalue weighted by Crippen LogP contribution is 2.29. The molecule has 10 heteroatoms. The summed E-state index contributed by atoms with van der Waals surface area (Å²) < 4.78 is 13.3. The number of hydrogen-bond donors (Lipinski definition) is 2. The number of nitrogens with zero attached hydrogens (tertiary/aromatic N) is 3. The van der Waals surface area contributed by atoms with E-state index >= 15 is 0 Å². The van der Waals surface area contributed by atoms with Gasteiger partial charge in [-0.25, -0.2) is 4.98 Å². The summed E-state index contributed by atoms with van der Waals surface area (Å²) in [6.07, 6.45) is 0.233. The lowest BCUT2D eigenvalue weighted by Crippen LogP contribution is -2.15. The second kappa shape index (κ2) is 9.49. The average Bonchev–Trinajstić information content (AvgIpc) is 3.46. The number of rotatable bonds is 8. The van der Waals surface area contributed by atoms with Crippen molar-refractivity contribution in [3.05, 3.63) is 52.0 Å². The third-order valence-corrected chi connectivity index (χ3v) is 5.88.